The van der Waals surface area contributed by atoms with Gasteiger partial charge >= 0.3 is 0 Å². The molecule has 0 atom stereocenters. The number of nitrogens with one attached hydrogen (secondary N) is 1. The van der Waals surface area contributed by atoms with Crippen LogP contribution in [0, 0.1) is 0 Å². The highest BCUT2D eigenvalue weighted by atomic mass is 35.5. The van der Waals surface area contributed by atoms with Gasteiger partial charge in [0.05, 0.1) is 10.7 Å². The van der Waals surface area contributed by atoms with E-state index in [4.69, 9.17) is 27.9 Å². The Labute approximate surface area is 109 Å². The minimum Gasteiger partial charge on any atom is -0.504 e. The summed E-state index contributed by atoms with van der Waals surface area (Å²) in [7, 11) is 1.57. The standard InChI is InChI=1S/C11H13Cl2NO3/c1-17-4-2-3-10(15)14-9-6-7(12)5-8(13)11(9)16/h5-6,16H,2-4H2,1H3,(H,14,15). The van der Waals surface area contributed by atoms with Crippen molar-refractivity contribution in [2.24, 2.45) is 0 Å². The average Bonchev–Trinajstić information content (AvgIpc) is 2.25. The van der Waals surface area contributed by atoms with Crippen LogP contribution in [-0.2, 0) is 9.53 Å². The number of methoxy groups -OCH3 is 1. The van der Waals surface area contributed by atoms with Gasteiger partial charge in [-0.1, -0.05) is 23.2 Å². The minimum atomic E-state index is -0.226. The zero-order chi connectivity index (χ0) is 12.8. The molecule has 0 bridgehead atoms. The van der Waals surface area contributed by atoms with Crippen LogP contribution in [0.5, 0.6) is 5.75 Å². The van der Waals surface area contributed by atoms with Gasteiger partial charge in [0.1, 0.15) is 0 Å². The summed E-state index contributed by atoms with van der Waals surface area (Å²) in [5.41, 5.74) is 0.213. The molecule has 0 saturated heterocycles. The van der Waals surface area contributed by atoms with Crippen LogP contribution in [-0.4, -0.2) is 24.7 Å². The van der Waals surface area contributed by atoms with Crippen LogP contribution in [0.1, 0.15) is 12.8 Å². The lowest BCUT2D eigenvalue weighted by Crippen LogP contribution is -2.12. The van der Waals surface area contributed by atoms with Crippen LogP contribution in [0.2, 0.25) is 10.0 Å². The maximum absolute atomic E-state index is 11.5. The Bertz CT molecular complexity index is 410. The molecule has 0 aliphatic heterocycles. The van der Waals surface area contributed by atoms with Crippen LogP contribution in [0.15, 0.2) is 12.1 Å². The minimum absolute atomic E-state index is 0.102. The number of halogens is 2. The van der Waals surface area contributed by atoms with Crippen LogP contribution in [0.4, 0.5) is 5.69 Å². The molecule has 0 aliphatic rings. The summed E-state index contributed by atoms with van der Waals surface area (Å²) in [5.74, 6) is -0.410. The Morgan fingerprint density at radius 1 is 1.47 bits per heavy atom. The van der Waals surface area contributed by atoms with Gasteiger partial charge in [-0.05, 0) is 18.6 Å². The van der Waals surface area contributed by atoms with E-state index >= 15 is 0 Å². The van der Waals surface area contributed by atoms with Gasteiger partial charge in [-0.3, -0.25) is 4.79 Å². The van der Waals surface area contributed by atoms with Crippen molar-refractivity contribution in [1.29, 1.82) is 0 Å². The summed E-state index contributed by atoms with van der Waals surface area (Å²) >= 11 is 11.5. The fourth-order valence-electron chi connectivity index (χ4n) is 1.25. The molecular formula is C11H13Cl2NO3. The molecule has 0 heterocycles. The van der Waals surface area contributed by atoms with E-state index in [0.29, 0.717) is 24.5 Å². The highest BCUT2D eigenvalue weighted by Gasteiger charge is 2.10. The van der Waals surface area contributed by atoms with Gasteiger partial charge in [0.15, 0.2) is 5.75 Å². The van der Waals surface area contributed by atoms with Crippen molar-refractivity contribution in [3.63, 3.8) is 0 Å². The summed E-state index contributed by atoms with van der Waals surface area (Å²) < 4.78 is 4.83. The molecule has 0 aliphatic carbocycles. The number of benzene rings is 1. The topological polar surface area (TPSA) is 58.6 Å². The van der Waals surface area contributed by atoms with Crippen molar-refractivity contribution in [1.82, 2.24) is 0 Å². The third-order valence-corrected chi connectivity index (χ3v) is 2.56. The number of ether oxygens (including phenoxy) is 1. The number of anilines is 1. The summed E-state index contributed by atoms with van der Waals surface area (Å²) in [5, 5.41) is 12.6. The average molecular weight is 278 g/mol. The molecule has 0 spiro atoms. The molecule has 1 aromatic rings. The van der Waals surface area contributed by atoms with Gasteiger partial charge in [-0.25, -0.2) is 0 Å². The molecule has 2 N–H and O–H groups in total. The number of carbonyl (C=O) groups is 1. The van der Waals surface area contributed by atoms with Gasteiger partial charge in [-0.2, -0.15) is 0 Å². The first kappa shape index (κ1) is 14.1. The Morgan fingerprint density at radius 3 is 2.82 bits per heavy atom. The van der Waals surface area contributed by atoms with E-state index in [2.05, 4.69) is 5.32 Å². The zero-order valence-corrected chi connectivity index (χ0v) is 10.8. The predicted molar refractivity (Wildman–Crippen MR) is 67.9 cm³/mol. The smallest absolute Gasteiger partial charge is 0.224 e. The molecule has 17 heavy (non-hydrogen) atoms. The number of phenolic OH excluding ortho intramolecular Hbond substituents is 1. The Kier molecular flexibility index (Phi) is 5.55. The third-order valence-electron chi connectivity index (χ3n) is 2.05. The number of amides is 1. The first-order chi connectivity index (χ1) is 8.04. The maximum Gasteiger partial charge on any atom is 0.224 e. The first-order valence-corrected chi connectivity index (χ1v) is 5.77. The number of hydrogen-bond donors (Lipinski definition) is 2. The SMILES string of the molecule is COCCCC(=O)Nc1cc(Cl)cc(Cl)c1O. The van der Waals surface area contributed by atoms with Crippen LogP contribution >= 0.6 is 23.2 Å². The quantitative estimate of drug-likeness (QED) is 0.642. The summed E-state index contributed by atoms with van der Waals surface area (Å²) in [4.78, 5) is 11.5. The molecule has 4 nitrogen and oxygen atoms in total. The van der Waals surface area contributed by atoms with Gasteiger partial charge in [0.2, 0.25) is 5.91 Å². The zero-order valence-electron chi connectivity index (χ0n) is 9.30. The van der Waals surface area contributed by atoms with E-state index in [1.54, 1.807) is 7.11 Å². The van der Waals surface area contributed by atoms with E-state index in [0.717, 1.165) is 0 Å². The lowest BCUT2D eigenvalue weighted by Gasteiger charge is -2.09. The van der Waals surface area contributed by atoms with Gasteiger partial charge in [-0.15, -0.1) is 0 Å². The predicted octanol–water partition coefficient (Wildman–Crippen LogP) is 3.06. The van der Waals surface area contributed by atoms with Gasteiger partial charge in [0, 0.05) is 25.2 Å². The fraction of sp³-hybridized carbons (Fsp3) is 0.364. The molecule has 0 fully saturated rings. The molecule has 1 amide bonds. The second-order valence-electron chi connectivity index (χ2n) is 3.43. The highest BCUT2D eigenvalue weighted by Crippen LogP contribution is 2.35. The first-order valence-electron chi connectivity index (χ1n) is 5.01. The summed E-state index contributed by atoms with van der Waals surface area (Å²) in [6.07, 6.45) is 0.912. The number of aromatic hydroxyl groups is 1. The van der Waals surface area contributed by atoms with Crippen molar-refractivity contribution in [3.05, 3.63) is 22.2 Å². The Morgan fingerprint density at radius 2 is 2.18 bits per heavy atom. The molecule has 0 radical (unpaired) electrons. The monoisotopic (exact) mass is 277 g/mol. The molecular weight excluding hydrogens is 265 g/mol. The Balaban J connectivity index is 2.65. The van der Waals surface area contributed by atoms with E-state index in [1.165, 1.54) is 12.1 Å². The lowest BCUT2D eigenvalue weighted by atomic mass is 10.2. The fourth-order valence-corrected chi connectivity index (χ4v) is 1.74. The van der Waals surface area contributed by atoms with E-state index < -0.39 is 0 Å². The van der Waals surface area contributed by atoms with Crippen molar-refractivity contribution in [2.45, 2.75) is 12.8 Å². The van der Waals surface area contributed by atoms with Crippen molar-refractivity contribution < 1.29 is 14.6 Å². The maximum atomic E-state index is 11.5. The van der Waals surface area contributed by atoms with Crippen LogP contribution in [0.3, 0.4) is 0 Å². The van der Waals surface area contributed by atoms with Gasteiger partial charge in [0.25, 0.3) is 0 Å². The Hall–Kier alpha value is -0.970. The van der Waals surface area contributed by atoms with E-state index in [1.807, 2.05) is 0 Å². The van der Waals surface area contributed by atoms with Crippen molar-refractivity contribution >= 4 is 34.8 Å². The molecule has 0 saturated carbocycles. The lowest BCUT2D eigenvalue weighted by molar-refractivity contribution is -0.116. The van der Waals surface area contributed by atoms with Crippen LogP contribution < -0.4 is 5.32 Å². The normalized spacial score (nSPS) is 10.3. The summed E-state index contributed by atoms with van der Waals surface area (Å²) in [6.45, 7) is 0.510. The summed E-state index contributed by atoms with van der Waals surface area (Å²) in [6, 6.07) is 2.84. The van der Waals surface area contributed by atoms with Crippen LogP contribution in [0.25, 0.3) is 0 Å². The van der Waals surface area contributed by atoms with Gasteiger partial charge < -0.3 is 15.2 Å². The molecule has 94 valence electrons. The van der Waals surface area contributed by atoms with Crippen molar-refractivity contribution in [2.75, 3.05) is 19.0 Å². The van der Waals surface area contributed by atoms with E-state index in [9.17, 15) is 9.90 Å². The number of phenols is 1. The van der Waals surface area contributed by atoms with Crippen molar-refractivity contribution in [3.8, 4) is 5.75 Å². The molecule has 0 aromatic heterocycles. The number of hydrogen-bond acceptors (Lipinski definition) is 3. The molecule has 0 unspecified atom stereocenters. The molecule has 1 rings (SSSR count). The molecule has 1 aromatic carbocycles. The molecule has 6 heteroatoms. The largest absolute Gasteiger partial charge is 0.504 e. The highest BCUT2D eigenvalue weighted by molar-refractivity contribution is 6.36. The van der Waals surface area contributed by atoms with E-state index in [-0.39, 0.29) is 22.4 Å². The second kappa shape index (κ2) is 6.69. The number of rotatable bonds is 5. The third kappa shape index (κ3) is 4.42. The number of carbonyl (C=O) groups excluding carboxylic acids is 1. The second-order valence-corrected chi connectivity index (χ2v) is 4.27.